The van der Waals surface area contributed by atoms with E-state index >= 15 is 0 Å². The van der Waals surface area contributed by atoms with Crippen LogP contribution in [0.15, 0.2) is 33.5 Å². The maximum atomic E-state index is 12.9. The van der Waals surface area contributed by atoms with Crippen LogP contribution in [0.4, 0.5) is 4.39 Å². The van der Waals surface area contributed by atoms with Gasteiger partial charge in [0.1, 0.15) is 11.3 Å². The lowest BCUT2D eigenvalue weighted by Gasteiger charge is -2.08. The summed E-state index contributed by atoms with van der Waals surface area (Å²) in [5, 5.41) is 9.05. The van der Waals surface area contributed by atoms with Gasteiger partial charge in [-0.2, -0.15) is 4.39 Å². The minimum Gasteiger partial charge on any atom is -0.476 e. The zero-order valence-electron chi connectivity index (χ0n) is 9.34. The number of aliphatic carboxylic acids is 1. The van der Waals surface area contributed by atoms with Crippen molar-refractivity contribution in [2.24, 2.45) is 0 Å². The van der Waals surface area contributed by atoms with E-state index in [2.05, 4.69) is 4.74 Å². The average Bonchev–Trinajstić information content (AvgIpc) is 2.27. The molecule has 1 heterocycles. The van der Waals surface area contributed by atoms with Gasteiger partial charge >= 0.3 is 18.0 Å². The molecule has 1 atom stereocenters. The maximum absolute atomic E-state index is 12.9. The van der Waals surface area contributed by atoms with Crippen LogP contribution < -0.4 is 10.4 Å². The lowest BCUT2D eigenvalue weighted by Crippen LogP contribution is -2.21. The molecule has 0 amide bonds. The zero-order valence-corrected chi connectivity index (χ0v) is 9.34. The van der Waals surface area contributed by atoms with Crippen molar-refractivity contribution in [3.05, 3.63) is 40.2 Å². The minimum absolute atomic E-state index is 0.0221. The molecule has 1 unspecified atom stereocenters. The molecule has 18 heavy (non-hydrogen) atoms. The monoisotopic (exact) mass is 252 g/mol. The molecular formula is C12H9FO5. The predicted octanol–water partition coefficient (Wildman–Crippen LogP) is 1.86. The molecule has 0 aliphatic rings. The molecule has 0 saturated carbocycles. The molecule has 0 radical (unpaired) electrons. The molecule has 5 nitrogen and oxygen atoms in total. The number of benzene rings is 1. The van der Waals surface area contributed by atoms with Crippen LogP contribution in [0.5, 0.6) is 5.75 Å². The van der Waals surface area contributed by atoms with Crippen LogP contribution in [0, 0.1) is 6.92 Å². The van der Waals surface area contributed by atoms with Gasteiger partial charge in [0, 0.05) is 17.5 Å². The van der Waals surface area contributed by atoms with Crippen molar-refractivity contribution >= 4 is 16.9 Å². The van der Waals surface area contributed by atoms with Crippen LogP contribution in [0.2, 0.25) is 0 Å². The van der Waals surface area contributed by atoms with E-state index in [0.717, 1.165) is 0 Å². The second kappa shape index (κ2) is 4.48. The Balaban J connectivity index is 2.44. The summed E-state index contributed by atoms with van der Waals surface area (Å²) in [5.41, 5.74) is 0.394. The molecular weight excluding hydrogens is 243 g/mol. The summed E-state index contributed by atoms with van der Waals surface area (Å²) in [6.45, 7) is 1.73. The Hall–Kier alpha value is -2.37. The number of ether oxygens (including phenoxy) is 1. The molecule has 1 aromatic heterocycles. The molecule has 1 aromatic carbocycles. The number of halogens is 1. The first-order valence-corrected chi connectivity index (χ1v) is 5.05. The molecule has 6 heteroatoms. The van der Waals surface area contributed by atoms with Gasteiger partial charge in [0.2, 0.25) is 0 Å². The van der Waals surface area contributed by atoms with Crippen LogP contribution in [0.25, 0.3) is 11.0 Å². The number of carbonyl (C=O) groups is 1. The third kappa shape index (κ3) is 2.32. The first-order valence-electron chi connectivity index (χ1n) is 5.05. The van der Waals surface area contributed by atoms with Crippen LogP contribution >= 0.6 is 0 Å². The third-order valence-corrected chi connectivity index (χ3v) is 2.36. The van der Waals surface area contributed by atoms with Gasteiger partial charge in [0.15, 0.2) is 0 Å². The van der Waals surface area contributed by atoms with Gasteiger partial charge in [-0.25, -0.2) is 9.59 Å². The number of hydrogen-bond acceptors (Lipinski definition) is 4. The molecule has 94 valence electrons. The molecule has 0 aliphatic heterocycles. The molecule has 1 N–H and O–H groups in total. The third-order valence-electron chi connectivity index (χ3n) is 2.36. The van der Waals surface area contributed by atoms with Crippen molar-refractivity contribution < 1.29 is 23.4 Å². The fourth-order valence-corrected chi connectivity index (χ4v) is 1.55. The summed E-state index contributed by atoms with van der Waals surface area (Å²) >= 11 is 0. The topological polar surface area (TPSA) is 76.7 Å². The van der Waals surface area contributed by atoms with Gasteiger partial charge in [-0.3, -0.25) is 0 Å². The van der Waals surface area contributed by atoms with E-state index < -0.39 is 18.0 Å². The number of carboxylic acid groups (broad SMARTS) is 1. The van der Waals surface area contributed by atoms with Gasteiger partial charge in [0.05, 0.1) is 0 Å². The smallest absolute Gasteiger partial charge is 0.378 e. The average molecular weight is 252 g/mol. The predicted molar refractivity (Wildman–Crippen MR) is 60.4 cm³/mol. The van der Waals surface area contributed by atoms with Gasteiger partial charge in [-0.1, -0.05) is 0 Å². The second-order valence-corrected chi connectivity index (χ2v) is 3.68. The molecule has 2 rings (SSSR count). The molecule has 2 aromatic rings. The van der Waals surface area contributed by atoms with Crippen LogP contribution in [0.1, 0.15) is 5.56 Å². The highest BCUT2D eigenvalue weighted by atomic mass is 19.1. The molecule has 0 spiro atoms. The molecule has 0 fully saturated rings. The Kier molecular flexibility index (Phi) is 3.01. The SMILES string of the molecule is Cc1cc(=O)oc2cc(OC(F)C(=O)O)ccc12. The highest BCUT2D eigenvalue weighted by molar-refractivity contribution is 5.81. The minimum atomic E-state index is -2.46. The normalized spacial score (nSPS) is 12.3. The quantitative estimate of drug-likeness (QED) is 0.843. The molecule has 0 bridgehead atoms. The standard InChI is InChI=1S/C12H9FO5/c1-6-4-10(14)18-9-5-7(2-3-8(6)9)17-11(13)12(15)16/h2-5,11H,1H3,(H,15,16). The lowest BCUT2D eigenvalue weighted by atomic mass is 10.1. The zero-order chi connectivity index (χ0) is 13.3. The Morgan fingerprint density at radius 1 is 1.44 bits per heavy atom. The Morgan fingerprint density at radius 2 is 2.17 bits per heavy atom. The summed E-state index contributed by atoms with van der Waals surface area (Å²) in [6, 6.07) is 5.58. The van der Waals surface area contributed by atoms with Crippen molar-refractivity contribution in [2.45, 2.75) is 13.3 Å². The Morgan fingerprint density at radius 3 is 2.83 bits per heavy atom. The number of hydrogen-bond donors (Lipinski definition) is 1. The molecule has 0 aliphatic carbocycles. The van der Waals surface area contributed by atoms with Crippen molar-refractivity contribution in [3.8, 4) is 5.75 Å². The van der Waals surface area contributed by atoms with Gasteiger partial charge in [-0.15, -0.1) is 0 Å². The van der Waals surface area contributed by atoms with Gasteiger partial charge in [-0.05, 0) is 24.6 Å². The van der Waals surface area contributed by atoms with E-state index in [-0.39, 0.29) is 11.3 Å². The van der Waals surface area contributed by atoms with Crippen molar-refractivity contribution in [1.29, 1.82) is 0 Å². The number of aryl methyl sites for hydroxylation is 1. The fraction of sp³-hybridized carbons (Fsp3) is 0.167. The van der Waals surface area contributed by atoms with E-state index in [4.69, 9.17) is 9.52 Å². The second-order valence-electron chi connectivity index (χ2n) is 3.68. The van der Waals surface area contributed by atoms with Crippen molar-refractivity contribution in [1.82, 2.24) is 0 Å². The van der Waals surface area contributed by atoms with Crippen molar-refractivity contribution in [2.75, 3.05) is 0 Å². The van der Waals surface area contributed by atoms with Gasteiger partial charge in [0.25, 0.3) is 0 Å². The summed E-state index contributed by atoms with van der Waals surface area (Å²) < 4.78 is 22.3. The highest BCUT2D eigenvalue weighted by Gasteiger charge is 2.17. The van der Waals surface area contributed by atoms with E-state index in [1.807, 2.05) is 0 Å². The lowest BCUT2D eigenvalue weighted by molar-refractivity contribution is -0.153. The number of fused-ring (bicyclic) bond motifs is 1. The summed E-state index contributed by atoms with van der Waals surface area (Å²) in [7, 11) is 0. The van der Waals surface area contributed by atoms with E-state index in [1.54, 1.807) is 13.0 Å². The number of rotatable bonds is 3. The first kappa shape index (κ1) is 12.1. The first-order chi connectivity index (χ1) is 8.47. The summed E-state index contributed by atoms with van der Waals surface area (Å²) in [6.07, 6.45) is -2.46. The Labute approximate surface area is 100 Å². The fourth-order valence-electron chi connectivity index (χ4n) is 1.55. The van der Waals surface area contributed by atoms with Crippen LogP contribution in [0.3, 0.4) is 0 Å². The molecule has 0 saturated heterocycles. The number of alkyl halides is 1. The summed E-state index contributed by atoms with van der Waals surface area (Å²) in [5.74, 6) is -1.74. The maximum Gasteiger partial charge on any atom is 0.378 e. The van der Waals surface area contributed by atoms with Crippen molar-refractivity contribution in [3.63, 3.8) is 0 Å². The largest absolute Gasteiger partial charge is 0.476 e. The van der Waals surface area contributed by atoms with Gasteiger partial charge < -0.3 is 14.3 Å². The Bertz CT molecular complexity index is 661. The summed E-state index contributed by atoms with van der Waals surface area (Å²) in [4.78, 5) is 21.5. The number of carboxylic acids is 1. The van der Waals surface area contributed by atoms with Crippen LogP contribution in [-0.2, 0) is 4.79 Å². The van der Waals surface area contributed by atoms with E-state index in [9.17, 15) is 14.0 Å². The highest BCUT2D eigenvalue weighted by Crippen LogP contribution is 2.23. The van der Waals surface area contributed by atoms with E-state index in [1.165, 1.54) is 18.2 Å². The van der Waals surface area contributed by atoms with E-state index in [0.29, 0.717) is 10.9 Å². The van der Waals surface area contributed by atoms with Crippen LogP contribution in [-0.4, -0.2) is 17.4 Å².